The van der Waals surface area contributed by atoms with E-state index < -0.39 is 0 Å². The molecule has 0 aromatic heterocycles. The first-order chi connectivity index (χ1) is 15.8. The second-order valence-corrected chi connectivity index (χ2v) is 7.46. The van der Waals surface area contributed by atoms with Gasteiger partial charge in [0.2, 0.25) is 0 Å². The molecule has 0 fully saturated rings. The van der Waals surface area contributed by atoms with Crippen molar-refractivity contribution in [3.8, 4) is 0 Å². The summed E-state index contributed by atoms with van der Waals surface area (Å²) in [6.45, 7) is -0.250. The predicted molar refractivity (Wildman–Crippen MR) is 134 cm³/mol. The van der Waals surface area contributed by atoms with E-state index in [2.05, 4.69) is 121 Å². The number of rotatable bonds is 7. The topological polar surface area (TPSA) is 40.5 Å². The van der Waals surface area contributed by atoms with Crippen LogP contribution in [0, 0.1) is 0 Å². The molecule has 0 spiro atoms. The lowest BCUT2D eigenvalue weighted by Crippen LogP contribution is -2.00. The SMILES string of the molecule is OCCO.c1ccc(C/C(=C(/Cc2ccccc2)c2ccccc2)c2ccccc2)cc1. The van der Waals surface area contributed by atoms with Crippen LogP contribution in [0.3, 0.4) is 0 Å². The van der Waals surface area contributed by atoms with Gasteiger partial charge in [0.1, 0.15) is 0 Å². The lowest BCUT2D eigenvalue weighted by molar-refractivity contribution is 0.186. The monoisotopic (exact) mass is 422 g/mol. The molecule has 4 rings (SSSR count). The Morgan fingerprint density at radius 2 is 0.688 bits per heavy atom. The van der Waals surface area contributed by atoms with Crippen molar-refractivity contribution in [1.29, 1.82) is 0 Å². The van der Waals surface area contributed by atoms with Gasteiger partial charge in [0.25, 0.3) is 0 Å². The van der Waals surface area contributed by atoms with Gasteiger partial charge in [0, 0.05) is 0 Å². The molecule has 0 bridgehead atoms. The first kappa shape index (κ1) is 23.2. The second-order valence-electron chi connectivity index (χ2n) is 7.46. The molecule has 0 aliphatic rings. The van der Waals surface area contributed by atoms with Gasteiger partial charge in [0.05, 0.1) is 13.2 Å². The van der Waals surface area contributed by atoms with Gasteiger partial charge in [-0.15, -0.1) is 0 Å². The van der Waals surface area contributed by atoms with Crippen molar-refractivity contribution >= 4 is 11.1 Å². The molecule has 0 aliphatic heterocycles. The molecule has 2 nitrogen and oxygen atoms in total. The Balaban J connectivity index is 0.000000668. The second kappa shape index (κ2) is 13.1. The quantitative estimate of drug-likeness (QED) is 0.356. The van der Waals surface area contributed by atoms with E-state index in [0.717, 1.165) is 12.8 Å². The molecule has 2 heteroatoms. The fourth-order valence-electron chi connectivity index (χ4n) is 3.64. The third-order valence-electron chi connectivity index (χ3n) is 5.16. The Morgan fingerprint density at radius 1 is 0.406 bits per heavy atom. The molecule has 0 radical (unpaired) electrons. The van der Waals surface area contributed by atoms with Gasteiger partial charge in [-0.25, -0.2) is 0 Å². The van der Waals surface area contributed by atoms with Crippen molar-refractivity contribution in [3.63, 3.8) is 0 Å². The minimum Gasteiger partial charge on any atom is -0.394 e. The lowest BCUT2D eigenvalue weighted by atomic mass is 9.87. The minimum absolute atomic E-state index is 0.125. The van der Waals surface area contributed by atoms with Crippen molar-refractivity contribution in [1.82, 2.24) is 0 Å². The largest absolute Gasteiger partial charge is 0.394 e. The summed E-state index contributed by atoms with van der Waals surface area (Å²) in [7, 11) is 0. The highest BCUT2D eigenvalue weighted by Gasteiger charge is 2.13. The highest BCUT2D eigenvalue weighted by atomic mass is 16.3. The van der Waals surface area contributed by atoms with Crippen LogP contribution in [-0.4, -0.2) is 23.4 Å². The van der Waals surface area contributed by atoms with Crippen molar-refractivity contribution in [2.75, 3.05) is 13.2 Å². The standard InChI is InChI=1S/C28H24.C2H6O2/c1-5-13-23(14-6-1)21-27(25-17-9-3-10-18-25)28(26-19-11-4-12-20-26)22-24-15-7-2-8-16-24;3-1-2-4/h1-20H,21-22H2;3-4H,1-2H2/b28-27+;. The van der Waals surface area contributed by atoms with Crippen LogP contribution in [0.4, 0.5) is 0 Å². The van der Waals surface area contributed by atoms with Crippen LogP contribution in [0.2, 0.25) is 0 Å². The van der Waals surface area contributed by atoms with E-state index in [9.17, 15) is 0 Å². The molecule has 0 aliphatic carbocycles. The molecule has 32 heavy (non-hydrogen) atoms. The summed E-state index contributed by atoms with van der Waals surface area (Å²) in [5, 5.41) is 15.2. The van der Waals surface area contributed by atoms with E-state index in [0.29, 0.717) is 0 Å². The zero-order valence-corrected chi connectivity index (χ0v) is 18.3. The van der Waals surface area contributed by atoms with Gasteiger partial charge in [0.15, 0.2) is 0 Å². The average molecular weight is 423 g/mol. The number of hydrogen-bond acceptors (Lipinski definition) is 2. The minimum atomic E-state index is -0.125. The molecule has 0 saturated carbocycles. The summed E-state index contributed by atoms with van der Waals surface area (Å²) >= 11 is 0. The number of aliphatic hydroxyl groups excluding tert-OH is 2. The van der Waals surface area contributed by atoms with Gasteiger partial charge in [-0.1, -0.05) is 121 Å². The van der Waals surface area contributed by atoms with E-state index >= 15 is 0 Å². The molecule has 0 heterocycles. The maximum Gasteiger partial charge on any atom is 0.0662 e. The Bertz CT molecular complexity index is 968. The maximum atomic E-state index is 7.62. The average Bonchev–Trinajstić information content (AvgIpc) is 2.88. The van der Waals surface area contributed by atoms with Crippen LogP contribution in [0.1, 0.15) is 22.3 Å². The number of hydrogen-bond donors (Lipinski definition) is 2. The molecule has 2 N–H and O–H groups in total. The molecule has 4 aromatic rings. The number of benzene rings is 4. The molecule has 0 amide bonds. The maximum absolute atomic E-state index is 7.62. The van der Waals surface area contributed by atoms with Crippen LogP contribution in [0.5, 0.6) is 0 Å². The Labute approximate surface area is 191 Å². The van der Waals surface area contributed by atoms with Crippen LogP contribution < -0.4 is 0 Å². The van der Waals surface area contributed by atoms with Gasteiger partial charge in [-0.3, -0.25) is 0 Å². The Hall–Kier alpha value is -3.46. The van der Waals surface area contributed by atoms with E-state index in [-0.39, 0.29) is 13.2 Å². The first-order valence-electron chi connectivity index (χ1n) is 10.9. The fraction of sp³-hybridized carbons (Fsp3) is 0.133. The lowest BCUT2D eigenvalue weighted by Gasteiger charge is -2.18. The Kier molecular flexibility index (Phi) is 9.47. The van der Waals surface area contributed by atoms with Gasteiger partial charge in [-0.2, -0.15) is 0 Å². The molecule has 4 aromatic carbocycles. The normalized spacial score (nSPS) is 11.2. The van der Waals surface area contributed by atoms with Gasteiger partial charge < -0.3 is 10.2 Å². The molecule has 0 saturated heterocycles. The summed E-state index contributed by atoms with van der Waals surface area (Å²) in [4.78, 5) is 0. The first-order valence-corrected chi connectivity index (χ1v) is 10.9. The summed E-state index contributed by atoms with van der Waals surface area (Å²) in [5.74, 6) is 0. The molecule has 0 atom stereocenters. The van der Waals surface area contributed by atoms with Crippen LogP contribution >= 0.6 is 0 Å². The van der Waals surface area contributed by atoms with Crippen LogP contribution in [-0.2, 0) is 12.8 Å². The molecule has 162 valence electrons. The summed E-state index contributed by atoms with van der Waals surface area (Å²) in [6, 6.07) is 43.1. The zero-order valence-electron chi connectivity index (χ0n) is 18.3. The van der Waals surface area contributed by atoms with E-state index in [1.165, 1.54) is 33.4 Å². The van der Waals surface area contributed by atoms with E-state index in [1.54, 1.807) is 0 Å². The molecular weight excluding hydrogens is 392 g/mol. The molecule has 0 unspecified atom stereocenters. The molecular formula is C30H30O2. The van der Waals surface area contributed by atoms with E-state index in [1.807, 2.05) is 0 Å². The van der Waals surface area contributed by atoms with Gasteiger partial charge >= 0.3 is 0 Å². The third-order valence-corrected chi connectivity index (χ3v) is 5.16. The van der Waals surface area contributed by atoms with Crippen LogP contribution in [0.15, 0.2) is 121 Å². The summed E-state index contributed by atoms with van der Waals surface area (Å²) in [6.07, 6.45) is 1.84. The number of allylic oxidation sites excluding steroid dienone is 2. The van der Waals surface area contributed by atoms with Crippen molar-refractivity contribution < 1.29 is 10.2 Å². The van der Waals surface area contributed by atoms with Crippen molar-refractivity contribution in [3.05, 3.63) is 144 Å². The van der Waals surface area contributed by atoms with Crippen LogP contribution in [0.25, 0.3) is 11.1 Å². The Morgan fingerprint density at radius 3 is 0.969 bits per heavy atom. The predicted octanol–water partition coefficient (Wildman–Crippen LogP) is 6.05. The van der Waals surface area contributed by atoms with Crippen molar-refractivity contribution in [2.45, 2.75) is 12.8 Å². The highest BCUT2D eigenvalue weighted by Crippen LogP contribution is 2.32. The zero-order chi connectivity index (χ0) is 22.4. The summed E-state index contributed by atoms with van der Waals surface area (Å²) in [5.41, 5.74) is 8.04. The van der Waals surface area contributed by atoms with Crippen molar-refractivity contribution in [2.24, 2.45) is 0 Å². The smallest absolute Gasteiger partial charge is 0.0662 e. The highest BCUT2D eigenvalue weighted by molar-refractivity contribution is 5.92. The van der Waals surface area contributed by atoms with E-state index in [4.69, 9.17) is 10.2 Å². The summed E-state index contributed by atoms with van der Waals surface area (Å²) < 4.78 is 0. The van der Waals surface area contributed by atoms with Gasteiger partial charge in [-0.05, 0) is 46.2 Å². The number of aliphatic hydroxyl groups is 2. The fourth-order valence-corrected chi connectivity index (χ4v) is 3.64. The third kappa shape index (κ3) is 7.05.